The third-order valence-electron chi connectivity index (χ3n) is 3.54. The molecule has 5 heteroatoms. The highest BCUT2D eigenvalue weighted by molar-refractivity contribution is 7.91. The van der Waals surface area contributed by atoms with Crippen LogP contribution in [0.25, 0.3) is 0 Å². The molecule has 1 atom stereocenters. The maximum Gasteiger partial charge on any atom is 0.153 e. The van der Waals surface area contributed by atoms with Gasteiger partial charge in [0.15, 0.2) is 9.84 Å². The van der Waals surface area contributed by atoms with Crippen molar-refractivity contribution in [3.05, 3.63) is 0 Å². The number of rotatable bonds is 4. The van der Waals surface area contributed by atoms with Crippen molar-refractivity contribution in [2.75, 3.05) is 31.1 Å². The SMILES string of the molecule is CC1CS(=O)(=O)CCN1CC(C)(C)CNC(C)(C)C. The highest BCUT2D eigenvalue weighted by Crippen LogP contribution is 2.21. The summed E-state index contributed by atoms with van der Waals surface area (Å²) in [5, 5.41) is 3.54. The fourth-order valence-corrected chi connectivity index (χ4v) is 4.00. The Morgan fingerprint density at radius 3 is 2.26 bits per heavy atom. The first-order chi connectivity index (χ1) is 8.40. The molecule has 0 aliphatic carbocycles. The summed E-state index contributed by atoms with van der Waals surface area (Å²) in [7, 11) is -2.81. The lowest BCUT2D eigenvalue weighted by molar-refractivity contribution is 0.139. The molecule has 1 fully saturated rings. The van der Waals surface area contributed by atoms with Crippen LogP contribution in [-0.2, 0) is 9.84 Å². The van der Waals surface area contributed by atoms with Crippen molar-refractivity contribution in [1.29, 1.82) is 0 Å². The normalized spacial score (nSPS) is 25.5. The van der Waals surface area contributed by atoms with Crippen molar-refractivity contribution in [3.8, 4) is 0 Å². The van der Waals surface area contributed by atoms with Crippen molar-refractivity contribution in [1.82, 2.24) is 10.2 Å². The van der Waals surface area contributed by atoms with Gasteiger partial charge in [0.1, 0.15) is 0 Å². The summed E-state index contributed by atoms with van der Waals surface area (Å²) in [6, 6.07) is 0.132. The van der Waals surface area contributed by atoms with E-state index in [0.29, 0.717) is 18.1 Å². The highest BCUT2D eigenvalue weighted by Gasteiger charge is 2.32. The topological polar surface area (TPSA) is 49.4 Å². The Bertz CT molecular complexity index is 396. The van der Waals surface area contributed by atoms with E-state index in [9.17, 15) is 8.42 Å². The Balaban J connectivity index is 2.54. The minimum Gasteiger partial charge on any atom is -0.311 e. The molecule has 0 saturated carbocycles. The van der Waals surface area contributed by atoms with E-state index in [4.69, 9.17) is 0 Å². The molecule has 0 aromatic heterocycles. The number of nitrogens with zero attached hydrogens (tertiary/aromatic N) is 1. The van der Waals surface area contributed by atoms with E-state index >= 15 is 0 Å². The molecule has 1 N–H and O–H groups in total. The molecule has 19 heavy (non-hydrogen) atoms. The van der Waals surface area contributed by atoms with Crippen molar-refractivity contribution in [2.45, 2.75) is 53.1 Å². The van der Waals surface area contributed by atoms with E-state index in [1.165, 1.54) is 0 Å². The van der Waals surface area contributed by atoms with Crippen LogP contribution in [0, 0.1) is 5.41 Å². The fraction of sp³-hybridized carbons (Fsp3) is 1.00. The summed E-state index contributed by atoms with van der Waals surface area (Å²) in [6.45, 7) is 15.5. The summed E-state index contributed by atoms with van der Waals surface area (Å²) in [4.78, 5) is 2.31. The van der Waals surface area contributed by atoms with Crippen LogP contribution >= 0.6 is 0 Å². The number of sulfone groups is 1. The first-order valence-corrected chi connectivity index (χ1v) is 8.92. The highest BCUT2D eigenvalue weighted by atomic mass is 32.2. The van der Waals surface area contributed by atoms with Crippen LogP contribution in [0.15, 0.2) is 0 Å². The van der Waals surface area contributed by atoms with Crippen LogP contribution in [0.3, 0.4) is 0 Å². The molecule has 0 amide bonds. The van der Waals surface area contributed by atoms with Crippen molar-refractivity contribution >= 4 is 9.84 Å². The molecule has 0 bridgehead atoms. The van der Waals surface area contributed by atoms with Gasteiger partial charge in [0, 0.05) is 31.2 Å². The van der Waals surface area contributed by atoms with E-state index in [1.54, 1.807) is 0 Å². The van der Waals surface area contributed by atoms with Gasteiger partial charge in [-0.2, -0.15) is 0 Å². The van der Waals surface area contributed by atoms with E-state index in [0.717, 1.165) is 13.1 Å². The van der Waals surface area contributed by atoms with Crippen LogP contribution in [-0.4, -0.2) is 56.0 Å². The minimum atomic E-state index is -2.81. The molecule has 0 spiro atoms. The quantitative estimate of drug-likeness (QED) is 0.853. The monoisotopic (exact) mass is 290 g/mol. The summed E-state index contributed by atoms with van der Waals surface area (Å²) in [5.74, 6) is 0.607. The van der Waals surface area contributed by atoms with Gasteiger partial charge in [0.2, 0.25) is 0 Å². The van der Waals surface area contributed by atoms with Gasteiger partial charge >= 0.3 is 0 Å². The molecule has 1 heterocycles. The van der Waals surface area contributed by atoms with Gasteiger partial charge in [-0.25, -0.2) is 8.42 Å². The first-order valence-electron chi connectivity index (χ1n) is 7.10. The summed E-state index contributed by atoms with van der Waals surface area (Å²) >= 11 is 0. The smallest absolute Gasteiger partial charge is 0.153 e. The van der Waals surface area contributed by atoms with Crippen molar-refractivity contribution in [2.24, 2.45) is 5.41 Å². The van der Waals surface area contributed by atoms with Gasteiger partial charge in [0.25, 0.3) is 0 Å². The molecule has 1 aliphatic heterocycles. The second kappa shape index (κ2) is 5.70. The molecule has 4 nitrogen and oxygen atoms in total. The Morgan fingerprint density at radius 2 is 1.79 bits per heavy atom. The molecule has 0 aromatic rings. The van der Waals surface area contributed by atoms with E-state index in [2.05, 4.69) is 44.8 Å². The summed E-state index contributed by atoms with van der Waals surface area (Å²) in [5.41, 5.74) is 0.261. The van der Waals surface area contributed by atoms with E-state index in [-0.39, 0.29) is 17.0 Å². The van der Waals surface area contributed by atoms with Gasteiger partial charge in [0.05, 0.1) is 11.5 Å². The zero-order chi connectivity index (χ0) is 14.9. The molecule has 1 saturated heterocycles. The van der Waals surface area contributed by atoms with Crippen molar-refractivity contribution in [3.63, 3.8) is 0 Å². The molecule has 1 unspecified atom stereocenters. The van der Waals surface area contributed by atoms with Crippen LogP contribution in [0.2, 0.25) is 0 Å². The molecule has 0 aromatic carbocycles. The van der Waals surface area contributed by atoms with Gasteiger partial charge in [-0.3, -0.25) is 4.90 Å². The standard InChI is InChI=1S/C14H30N2O2S/c1-12-9-19(17,18)8-7-16(12)11-14(5,6)10-15-13(2,3)4/h12,15H,7-11H2,1-6H3. The maximum absolute atomic E-state index is 11.6. The summed E-state index contributed by atoms with van der Waals surface area (Å²) < 4.78 is 23.2. The number of hydrogen-bond donors (Lipinski definition) is 1. The average molecular weight is 290 g/mol. The zero-order valence-electron chi connectivity index (χ0n) is 13.3. The fourth-order valence-electron chi connectivity index (χ4n) is 2.38. The van der Waals surface area contributed by atoms with E-state index in [1.807, 2.05) is 6.92 Å². The van der Waals surface area contributed by atoms with Crippen LogP contribution in [0.1, 0.15) is 41.5 Å². The summed E-state index contributed by atoms with van der Waals surface area (Å²) in [6.07, 6.45) is 0. The lowest BCUT2D eigenvalue weighted by Gasteiger charge is -2.40. The van der Waals surface area contributed by atoms with Crippen molar-refractivity contribution < 1.29 is 8.42 Å². The predicted octanol–water partition coefficient (Wildman–Crippen LogP) is 1.52. The van der Waals surface area contributed by atoms with Crippen LogP contribution in [0.5, 0.6) is 0 Å². The Labute approximate surface area is 118 Å². The Kier molecular flexibility index (Phi) is 5.08. The molecular weight excluding hydrogens is 260 g/mol. The minimum absolute atomic E-state index is 0.119. The molecule has 1 rings (SSSR count). The Hall–Kier alpha value is -0.130. The Morgan fingerprint density at radius 1 is 1.21 bits per heavy atom. The maximum atomic E-state index is 11.6. The number of nitrogens with one attached hydrogen (secondary N) is 1. The van der Waals surface area contributed by atoms with Gasteiger partial charge in [-0.15, -0.1) is 0 Å². The first kappa shape index (κ1) is 16.9. The molecule has 0 radical (unpaired) electrons. The van der Waals surface area contributed by atoms with Crippen LogP contribution in [0.4, 0.5) is 0 Å². The third-order valence-corrected chi connectivity index (χ3v) is 5.33. The largest absolute Gasteiger partial charge is 0.311 e. The van der Waals surface area contributed by atoms with E-state index < -0.39 is 9.84 Å². The lowest BCUT2D eigenvalue weighted by atomic mass is 9.90. The second-order valence-electron chi connectivity index (χ2n) is 7.70. The van der Waals surface area contributed by atoms with Gasteiger partial charge in [-0.05, 0) is 33.1 Å². The zero-order valence-corrected chi connectivity index (χ0v) is 14.1. The predicted molar refractivity (Wildman–Crippen MR) is 81.2 cm³/mol. The lowest BCUT2D eigenvalue weighted by Crippen LogP contribution is -2.52. The average Bonchev–Trinajstić information content (AvgIpc) is 2.18. The van der Waals surface area contributed by atoms with Gasteiger partial charge in [-0.1, -0.05) is 13.8 Å². The molecular formula is C14H30N2O2S. The molecule has 1 aliphatic rings. The van der Waals surface area contributed by atoms with Gasteiger partial charge < -0.3 is 5.32 Å². The second-order valence-corrected chi connectivity index (χ2v) is 9.93. The number of hydrogen-bond acceptors (Lipinski definition) is 4. The molecule has 114 valence electrons. The third kappa shape index (κ3) is 6.23. The van der Waals surface area contributed by atoms with Crippen LogP contribution < -0.4 is 5.32 Å².